The lowest BCUT2D eigenvalue weighted by Gasteiger charge is -2.35. The van der Waals surface area contributed by atoms with Crippen LogP contribution >= 0.6 is 0 Å². The molecule has 0 saturated heterocycles. The normalized spacial score (nSPS) is 14.6. The standard InChI is InChI=1S/C57H45N/c1-4-19-41(20-5-1)48-30-16-22-42-23-17-31-52(56(42)48)51-29-13-15-33-55(51)58(46-35-34-40-18-10-11-21-43(40)38-46)47-36-37-50-49-28-12-14-32-53(49)57(54(50)39-47,44-24-6-2-7-25-44)45-26-8-3-9-27-45/h2-3,6-18,21-39,41H,1,4-5,19-20H2. The minimum atomic E-state index is -0.496. The maximum Gasteiger partial charge on any atom is 0.0714 e. The Morgan fingerprint density at radius 2 is 0.948 bits per heavy atom. The highest BCUT2D eigenvalue weighted by Gasteiger charge is 2.46. The fourth-order valence-corrected chi connectivity index (χ4v) is 10.6. The third kappa shape index (κ3) is 5.52. The van der Waals surface area contributed by atoms with E-state index in [0.29, 0.717) is 5.92 Å². The molecule has 0 aliphatic heterocycles. The minimum absolute atomic E-state index is 0.496. The van der Waals surface area contributed by atoms with Crippen LogP contribution in [0.4, 0.5) is 17.1 Å². The molecule has 11 rings (SSSR count). The Bertz CT molecular complexity index is 2890. The Balaban J connectivity index is 1.19. The van der Waals surface area contributed by atoms with Gasteiger partial charge in [-0.05, 0) is 115 Å². The van der Waals surface area contributed by atoms with Crippen molar-refractivity contribution >= 4 is 38.6 Å². The summed E-state index contributed by atoms with van der Waals surface area (Å²) in [4.78, 5) is 2.52. The molecule has 1 heteroatoms. The molecule has 0 unspecified atom stereocenters. The number of hydrogen-bond donors (Lipinski definition) is 0. The van der Waals surface area contributed by atoms with E-state index < -0.39 is 5.41 Å². The van der Waals surface area contributed by atoms with Crippen LogP contribution in [0.5, 0.6) is 0 Å². The molecule has 2 aliphatic carbocycles. The highest BCUT2D eigenvalue weighted by Crippen LogP contribution is 2.57. The molecule has 1 nitrogen and oxygen atoms in total. The molecular weight excluding hydrogens is 699 g/mol. The maximum absolute atomic E-state index is 2.52. The van der Waals surface area contributed by atoms with Crippen LogP contribution in [0.25, 0.3) is 43.8 Å². The van der Waals surface area contributed by atoms with E-state index in [9.17, 15) is 0 Å². The van der Waals surface area contributed by atoms with Gasteiger partial charge < -0.3 is 4.90 Å². The van der Waals surface area contributed by atoms with Crippen LogP contribution in [0.2, 0.25) is 0 Å². The molecule has 0 atom stereocenters. The van der Waals surface area contributed by atoms with E-state index in [2.05, 4.69) is 211 Å². The summed E-state index contributed by atoms with van der Waals surface area (Å²) in [5.74, 6) is 0.588. The van der Waals surface area contributed by atoms with Crippen molar-refractivity contribution in [3.05, 3.63) is 234 Å². The summed E-state index contributed by atoms with van der Waals surface area (Å²) >= 11 is 0. The number of nitrogens with zero attached hydrogens (tertiary/aromatic N) is 1. The van der Waals surface area contributed by atoms with E-state index in [1.165, 1.54) is 109 Å². The molecule has 2 aliphatic rings. The summed E-state index contributed by atoms with van der Waals surface area (Å²) in [5, 5.41) is 5.18. The molecule has 0 amide bonds. The van der Waals surface area contributed by atoms with Crippen molar-refractivity contribution in [2.45, 2.75) is 43.4 Å². The zero-order valence-electron chi connectivity index (χ0n) is 32.7. The smallest absolute Gasteiger partial charge is 0.0714 e. The number of fused-ring (bicyclic) bond motifs is 5. The highest BCUT2D eigenvalue weighted by atomic mass is 15.1. The molecule has 0 radical (unpaired) electrons. The van der Waals surface area contributed by atoms with Crippen molar-refractivity contribution in [1.82, 2.24) is 0 Å². The molecule has 0 heterocycles. The van der Waals surface area contributed by atoms with Gasteiger partial charge >= 0.3 is 0 Å². The van der Waals surface area contributed by atoms with Gasteiger partial charge in [-0.3, -0.25) is 0 Å². The first kappa shape index (κ1) is 34.5. The van der Waals surface area contributed by atoms with Crippen LogP contribution in [-0.2, 0) is 5.41 Å². The van der Waals surface area contributed by atoms with Crippen LogP contribution in [0.15, 0.2) is 206 Å². The van der Waals surface area contributed by atoms with E-state index in [4.69, 9.17) is 0 Å². The Morgan fingerprint density at radius 3 is 1.72 bits per heavy atom. The van der Waals surface area contributed by atoms with Gasteiger partial charge in [0, 0.05) is 16.9 Å². The largest absolute Gasteiger partial charge is 0.310 e. The summed E-state index contributed by atoms with van der Waals surface area (Å²) in [6.45, 7) is 0. The Morgan fingerprint density at radius 1 is 0.379 bits per heavy atom. The van der Waals surface area contributed by atoms with E-state index >= 15 is 0 Å². The molecule has 58 heavy (non-hydrogen) atoms. The summed E-state index contributed by atoms with van der Waals surface area (Å²) in [6.07, 6.45) is 6.50. The number of para-hydroxylation sites is 1. The van der Waals surface area contributed by atoms with Crippen LogP contribution < -0.4 is 4.90 Å². The zero-order valence-corrected chi connectivity index (χ0v) is 32.7. The van der Waals surface area contributed by atoms with Crippen molar-refractivity contribution in [1.29, 1.82) is 0 Å². The second-order valence-corrected chi connectivity index (χ2v) is 16.2. The first-order valence-electron chi connectivity index (χ1n) is 21.0. The molecule has 278 valence electrons. The molecule has 0 bridgehead atoms. The molecular formula is C57H45N. The van der Waals surface area contributed by atoms with Gasteiger partial charge in [0.15, 0.2) is 0 Å². The van der Waals surface area contributed by atoms with Gasteiger partial charge in [-0.2, -0.15) is 0 Å². The van der Waals surface area contributed by atoms with Gasteiger partial charge in [0.25, 0.3) is 0 Å². The second-order valence-electron chi connectivity index (χ2n) is 16.2. The summed E-state index contributed by atoms with van der Waals surface area (Å²) in [6, 6.07) is 77.2. The zero-order chi connectivity index (χ0) is 38.5. The topological polar surface area (TPSA) is 3.24 Å². The van der Waals surface area contributed by atoms with Crippen LogP contribution in [0.1, 0.15) is 65.8 Å². The lowest BCUT2D eigenvalue weighted by atomic mass is 9.67. The molecule has 9 aromatic carbocycles. The number of rotatable bonds is 7. The van der Waals surface area contributed by atoms with E-state index in [-0.39, 0.29) is 0 Å². The van der Waals surface area contributed by atoms with Crippen molar-refractivity contribution < 1.29 is 0 Å². The quantitative estimate of drug-likeness (QED) is 0.157. The minimum Gasteiger partial charge on any atom is -0.310 e. The second kappa shape index (κ2) is 14.4. The van der Waals surface area contributed by atoms with Crippen molar-refractivity contribution in [2.75, 3.05) is 4.90 Å². The van der Waals surface area contributed by atoms with E-state index in [0.717, 1.165) is 11.4 Å². The van der Waals surface area contributed by atoms with Crippen molar-refractivity contribution in [3.63, 3.8) is 0 Å². The third-order valence-corrected chi connectivity index (χ3v) is 13.1. The monoisotopic (exact) mass is 743 g/mol. The molecule has 9 aromatic rings. The van der Waals surface area contributed by atoms with Crippen molar-refractivity contribution in [3.8, 4) is 22.3 Å². The number of anilines is 3. The SMILES string of the molecule is c1ccc(C2(c3ccccc3)c3ccccc3-c3ccc(N(c4ccc5ccccc5c4)c4ccccc4-c4cccc5cccc(C6CCCCC6)c45)cc32)cc1. The first-order valence-corrected chi connectivity index (χ1v) is 21.0. The summed E-state index contributed by atoms with van der Waals surface area (Å²) < 4.78 is 0. The number of hydrogen-bond acceptors (Lipinski definition) is 1. The van der Waals surface area contributed by atoms with Gasteiger partial charge in [-0.25, -0.2) is 0 Å². The molecule has 0 N–H and O–H groups in total. The Kier molecular flexibility index (Phi) is 8.55. The molecule has 1 saturated carbocycles. The molecule has 0 spiro atoms. The van der Waals surface area contributed by atoms with E-state index in [1.54, 1.807) is 0 Å². The third-order valence-electron chi connectivity index (χ3n) is 13.1. The van der Waals surface area contributed by atoms with Gasteiger partial charge in [-0.15, -0.1) is 0 Å². The van der Waals surface area contributed by atoms with Crippen LogP contribution in [0, 0.1) is 0 Å². The summed E-state index contributed by atoms with van der Waals surface area (Å²) in [5.41, 5.74) is 14.7. The van der Waals surface area contributed by atoms with Crippen LogP contribution in [-0.4, -0.2) is 0 Å². The van der Waals surface area contributed by atoms with Crippen LogP contribution in [0.3, 0.4) is 0 Å². The van der Waals surface area contributed by atoms with Gasteiger partial charge in [0.2, 0.25) is 0 Å². The molecule has 1 fully saturated rings. The first-order chi connectivity index (χ1) is 28.8. The Labute approximate surface area is 341 Å². The lowest BCUT2D eigenvalue weighted by molar-refractivity contribution is 0.445. The number of benzene rings is 9. The summed E-state index contributed by atoms with van der Waals surface area (Å²) in [7, 11) is 0. The fraction of sp³-hybridized carbons (Fsp3) is 0.123. The van der Waals surface area contributed by atoms with Gasteiger partial charge in [0.05, 0.1) is 11.1 Å². The predicted molar refractivity (Wildman–Crippen MR) is 245 cm³/mol. The van der Waals surface area contributed by atoms with E-state index in [1.807, 2.05) is 0 Å². The molecule has 0 aromatic heterocycles. The Hall–Kier alpha value is -6.70. The lowest BCUT2D eigenvalue weighted by Crippen LogP contribution is -2.28. The van der Waals surface area contributed by atoms with Gasteiger partial charge in [-0.1, -0.05) is 195 Å². The average molecular weight is 744 g/mol. The average Bonchev–Trinajstić information content (AvgIpc) is 3.60. The fourth-order valence-electron chi connectivity index (χ4n) is 10.6. The van der Waals surface area contributed by atoms with Crippen molar-refractivity contribution in [2.24, 2.45) is 0 Å². The predicted octanol–water partition coefficient (Wildman–Crippen LogP) is 15.5. The highest BCUT2D eigenvalue weighted by molar-refractivity contribution is 6.04. The maximum atomic E-state index is 2.52. The van der Waals surface area contributed by atoms with Gasteiger partial charge in [0.1, 0.15) is 0 Å².